The molecule has 0 spiro atoms. The van der Waals surface area contributed by atoms with E-state index in [1.165, 1.54) is 12.1 Å². The van der Waals surface area contributed by atoms with E-state index in [1.54, 1.807) is 6.92 Å². The summed E-state index contributed by atoms with van der Waals surface area (Å²) in [5.74, 6) is -1.21. The first kappa shape index (κ1) is 16.1. The minimum absolute atomic E-state index is 0.0167. The Morgan fingerprint density at radius 1 is 1.16 bits per heavy atom. The number of benzene rings is 1. The Kier molecular flexibility index (Phi) is 5.04. The molecule has 19 heavy (non-hydrogen) atoms. The van der Waals surface area contributed by atoms with Crippen molar-refractivity contribution in [2.24, 2.45) is 0 Å². The van der Waals surface area contributed by atoms with Crippen LogP contribution in [0.5, 0.6) is 0 Å². The third kappa shape index (κ3) is 6.12. The average molecular weight is 271 g/mol. The van der Waals surface area contributed by atoms with Crippen molar-refractivity contribution >= 4 is 0 Å². The van der Waals surface area contributed by atoms with Crippen LogP contribution >= 0.6 is 0 Å². The van der Waals surface area contributed by atoms with Gasteiger partial charge in [-0.15, -0.1) is 0 Å². The summed E-state index contributed by atoms with van der Waals surface area (Å²) in [7, 11) is 0. The zero-order valence-corrected chi connectivity index (χ0v) is 12.1. The zero-order valence-electron chi connectivity index (χ0n) is 12.1. The van der Waals surface area contributed by atoms with Gasteiger partial charge in [-0.1, -0.05) is 6.07 Å². The van der Waals surface area contributed by atoms with Gasteiger partial charge in [0.05, 0.1) is 5.60 Å². The highest BCUT2D eigenvalue weighted by atomic mass is 19.1. The lowest BCUT2D eigenvalue weighted by Gasteiger charge is -2.27. The van der Waals surface area contributed by atoms with Crippen LogP contribution < -0.4 is 5.32 Å². The summed E-state index contributed by atoms with van der Waals surface area (Å²) in [5, 5.41) is 13.5. The number of rotatable bonds is 5. The van der Waals surface area contributed by atoms with Gasteiger partial charge < -0.3 is 10.4 Å². The van der Waals surface area contributed by atoms with Crippen LogP contribution in [0.1, 0.15) is 39.7 Å². The van der Waals surface area contributed by atoms with Gasteiger partial charge in [0.15, 0.2) is 0 Å². The molecule has 4 heteroatoms. The van der Waals surface area contributed by atoms with Crippen LogP contribution in [0.4, 0.5) is 8.78 Å². The van der Waals surface area contributed by atoms with E-state index in [2.05, 4.69) is 5.32 Å². The fourth-order valence-corrected chi connectivity index (χ4v) is 1.87. The Balaban J connectivity index is 2.58. The van der Waals surface area contributed by atoms with E-state index >= 15 is 0 Å². The van der Waals surface area contributed by atoms with Crippen molar-refractivity contribution in [2.45, 2.75) is 51.7 Å². The molecule has 1 rings (SSSR count). The summed E-state index contributed by atoms with van der Waals surface area (Å²) in [5.41, 5.74) is -0.698. The Morgan fingerprint density at radius 3 is 2.32 bits per heavy atom. The lowest BCUT2D eigenvalue weighted by atomic mass is 9.92. The van der Waals surface area contributed by atoms with Crippen LogP contribution in [0.15, 0.2) is 18.2 Å². The molecule has 0 saturated carbocycles. The zero-order chi connectivity index (χ0) is 14.7. The topological polar surface area (TPSA) is 32.3 Å². The summed E-state index contributed by atoms with van der Waals surface area (Å²) in [6.45, 7) is 8.43. The lowest BCUT2D eigenvalue weighted by Crippen LogP contribution is -2.40. The van der Waals surface area contributed by atoms with Gasteiger partial charge in [0.25, 0.3) is 0 Å². The first-order valence-electron chi connectivity index (χ1n) is 6.50. The maximum absolute atomic E-state index is 13.5. The molecule has 0 aromatic heterocycles. The molecule has 0 fully saturated rings. The predicted molar refractivity (Wildman–Crippen MR) is 73.1 cm³/mol. The van der Waals surface area contributed by atoms with E-state index in [9.17, 15) is 13.9 Å². The number of hydrogen-bond donors (Lipinski definition) is 2. The molecule has 1 atom stereocenters. The van der Waals surface area contributed by atoms with Gasteiger partial charge in [0.2, 0.25) is 0 Å². The molecule has 0 aliphatic heterocycles. The monoisotopic (exact) mass is 271 g/mol. The van der Waals surface area contributed by atoms with Crippen LogP contribution in [-0.2, 0) is 6.42 Å². The van der Waals surface area contributed by atoms with Gasteiger partial charge in [-0.3, -0.25) is 0 Å². The molecule has 0 radical (unpaired) electrons. The molecule has 1 aromatic carbocycles. The van der Waals surface area contributed by atoms with Gasteiger partial charge in [-0.05, 0) is 52.3 Å². The van der Waals surface area contributed by atoms with E-state index in [0.717, 1.165) is 6.07 Å². The molecule has 0 aliphatic carbocycles. The highest BCUT2D eigenvalue weighted by Gasteiger charge is 2.23. The van der Waals surface area contributed by atoms with E-state index in [1.807, 2.05) is 20.8 Å². The summed E-state index contributed by atoms with van der Waals surface area (Å²) >= 11 is 0. The fourth-order valence-electron chi connectivity index (χ4n) is 1.87. The largest absolute Gasteiger partial charge is 0.390 e. The van der Waals surface area contributed by atoms with Gasteiger partial charge in [0.1, 0.15) is 11.6 Å². The molecule has 1 aromatic rings. The smallest absolute Gasteiger partial charge is 0.129 e. The number of halogens is 2. The first-order valence-corrected chi connectivity index (χ1v) is 6.50. The summed E-state index contributed by atoms with van der Waals surface area (Å²) in [6.07, 6.45) is 0.673. The quantitative estimate of drug-likeness (QED) is 0.862. The minimum Gasteiger partial charge on any atom is -0.390 e. The lowest BCUT2D eigenvalue weighted by molar-refractivity contribution is 0.0491. The molecule has 108 valence electrons. The average Bonchev–Trinajstić information content (AvgIpc) is 2.20. The van der Waals surface area contributed by atoms with E-state index in [4.69, 9.17) is 0 Å². The van der Waals surface area contributed by atoms with Gasteiger partial charge >= 0.3 is 0 Å². The highest BCUT2D eigenvalue weighted by molar-refractivity contribution is 5.20. The molecule has 0 bridgehead atoms. The molecular weight excluding hydrogens is 248 g/mol. The fraction of sp³-hybridized carbons (Fsp3) is 0.600. The third-order valence-corrected chi connectivity index (χ3v) is 2.91. The Morgan fingerprint density at radius 2 is 1.79 bits per heavy atom. The van der Waals surface area contributed by atoms with Crippen LogP contribution in [0.2, 0.25) is 0 Å². The van der Waals surface area contributed by atoms with Gasteiger partial charge in [-0.25, -0.2) is 8.78 Å². The standard InChI is InChI=1S/C15H23F2NO/c1-14(2,3)18-8-7-15(4,19)10-11-5-6-12(16)9-13(11)17/h5-6,9,18-19H,7-8,10H2,1-4H3. The van der Waals surface area contributed by atoms with Crippen molar-refractivity contribution in [3.05, 3.63) is 35.4 Å². The van der Waals surface area contributed by atoms with Crippen LogP contribution in [0, 0.1) is 11.6 Å². The van der Waals surface area contributed by atoms with Crippen molar-refractivity contribution in [3.8, 4) is 0 Å². The van der Waals surface area contributed by atoms with E-state index in [0.29, 0.717) is 18.5 Å². The molecular formula is C15H23F2NO. The van der Waals surface area contributed by atoms with Crippen molar-refractivity contribution in [1.82, 2.24) is 5.32 Å². The van der Waals surface area contributed by atoms with Crippen LogP contribution in [0.25, 0.3) is 0 Å². The first-order chi connectivity index (χ1) is 8.59. The predicted octanol–water partition coefficient (Wildman–Crippen LogP) is 3.04. The molecule has 1 unspecified atom stereocenters. The van der Waals surface area contributed by atoms with E-state index in [-0.39, 0.29) is 12.0 Å². The number of aliphatic hydroxyl groups is 1. The van der Waals surface area contributed by atoms with E-state index < -0.39 is 17.2 Å². The highest BCUT2D eigenvalue weighted by Crippen LogP contribution is 2.20. The molecule has 0 amide bonds. The second kappa shape index (κ2) is 5.97. The van der Waals surface area contributed by atoms with Crippen molar-refractivity contribution < 1.29 is 13.9 Å². The molecule has 0 aliphatic rings. The van der Waals surface area contributed by atoms with Crippen LogP contribution in [-0.4, -0.2) is 22.8 Å². The number of nitrogens with one attached hydrogen (secondary N) is 1. The molecule has 2 nitrogen and oxygen atoms in total. The van der Waals surface area contributed by atoms with Crippen molar-refractivity contribution in [1.29, 1.82) is 0 Å². The van der Waals surface area contributed by atoms with Crippen LogP contribution in [0.3, 0.4) is 0 Å². The maximum atomic E-state index is 13.5. The summed E-state index contributed by atoms with van der Waals surface area (Å²) in [6, 6.07) is 3.44. The second-order valence-electron chi connectivity index (χ2n) is 6.34. The van der Waals surface area contributed by atoms with Gasteiger partial charge in [-0.2, -0.15) is 0 Å². The maximum Gasteiger partial charge on any atom is 0.129 e. The Labute approximate surface area is 113 Å². The third-order valence-electron chi connectivity index (χ3n) is 2.91. The summed E-state index contributed by atoms with van der Waals surface area (Å²) in [4.78, 5) is 0. The molecule has 0 saturated heterocycles. The SMILES string of the molecule is CC(O)(CCNC(C)(C)C)Cc1ccc(F)cc1F. The van der Waals surface area contributed by atoms with Crippen molar-refractivity contribution in [2.75, 3.05) is 6.54 Å². The Bertz CT molecular complexity index is 425. The normalized spacial score (nSPS) is 15.3. The minimum atomic E-state index is -1.02. The Hall–Kier alpha value is -1.00. The summed E-state index contributed by atoms with van der Waals surface area (Å²) < 4.78 is 26.3. The molecule has 2 N–H and O–H groups in total. The second-order valence-corrected chi connectivity index (χ2v) is 6.34. The number of hydrogen-bond acceptors (Lipinski definition) is 2. The van der Waals surface area contributed by atoms with Gasteiger partial charge in [0, 0.05) is 18.0 Å². The van der Waals surface area contributed by atoms with Crippen molar-refractivity contribution in [3.63, 3.8) is 0 Å². The molecule has 0 heterocycles.